The lowest BCUT2D eigenvalue weighted by Crippen LogP contribution is -2.22. The van der Waals surface area contributed by atoms with Crippen LogP contribution in [0.3, 0.4) is 0 Å². The Hall–Kier alpha value is -1.06. The van der Waals surface area contributed by atoms with Crippen LogP contribution in [0, 0.1) is 6.92 Å². The smallest absolute Gasteiger partial charge is 0.125 e. The maximum atomic E-state index is 10.2. The van der Waals surface area contributed by atoms with Crippen molar-refractivity contribution in [2.75, 3.05) is 19.7 Å². The van der Waals surface area contributed by atoms with E-state index in [9.17, 15) is 5.11 Å². The standard InChI is InChI=1S/C15H25NO2/c1-4-6-9-16-11-14(17)13-10-12(3)7-8-15(13)18-5-2/h7-8,10,14,16-17H,4-6,9,11H2,1-3H3. The average Bonchev–Trinajstić information content (AvgIpc) is 2.37. The fourth-order valence-electron chi connectivity index (χ4n) is 1.87. The third kappa shape index (κ3) is 4.67. The number of ether oxygens (including phenoxy) is 1. The van der Waals surface area contributed by atoms with Crippen molar-refractivity contribution in [2.24, 2.45) is 0 Å². The number of unbranched alkanes of at least 4 members (excludes halogenated alkanes) is 1. The maximum absolute atomic E-state index is 10.2. The van der Waals surface area contributed by atoms with Gasteiger partial charge in [-0.1, -0.05) is 25.0 Å². The van der Waals surface area contributed by atoms with Crippen LogP contribution in [0.2, 0.25) is 0 Å². The van der Waals surface area contributed by atoms with E-state index in [0.29, 0.717) is 13.2 Å². The Bertz CT molecular complexity index is 352. The van der Waals surface area contributed by atoms with E-state index in [1.54, 1.807) is 0 Å². The molecule has 0 radical (unpaired) electrons. The minimum Gasteiger partial charge on any atom is -0.493 e. The van der Waals surface area contributed by atoms with Gasteiger partial charge in [-0.2, -0.15) is 0 Å². The molecule has 1 atom stereocenters. The third-order valence-electron chi connectivity index (χ3n) is 2.87. The van der Waals surface area contributed by atoms with E-state index in [2.05, 4.69) is 12.2 Å². The highest BCUT2D eigenvalue weighted by Gasteiger charge is 2.13. The lowest BCUT2D eigenvalue weighted by atomic mass is 10.1. The maximum Gasteiger partial charge on any atom is 0.125 e. The Labute approximate surface area is 110 Å². The molecule has 2 N–H and O–H groups in total. The quantitative estimate of drug-likeness (QED) is 0.698. The highest BCUT2D eigenvalue weighted by Crippen LogP contribution is 2.26. The normalized spacial score (nSPS) is 12.4. The summed E-state index contributed by atoms with van der Waals surface area (Å²) in [5.41, 5.74) is 2.02. The molecule has 0 bridgehead atoms. The number of hydrogen-bond donors (Lipinski definition) is 2. The van der Waals surface area contributed by atoms with Crippen molar-refractivity contribution in [3.05, 3.63) is 29.3 Å². The van der Waals surface area contributed by atoms with Crippen LogP contribution in [0.4, 0.5) is 0 Å². The van der Waals surface area contributed by atoms with Crippen molar-refractivity contribution in [1.29, 1.82) is 0 Å². The van der Waals surface area contributed by atoms with Gasteiger partial charge in [-0.25, -0.2) is 0 Å². The Kier molecular flexibility index (Phi) is 6.76. The zero-order valence-corrected chi connectivity index (χ0v) is 11.7. The molecule has 1 rings (SSSR count). The Morgan fingerprint density at radius 1 is 1.33 bits per heavy atom. The van der Waals surface area contributed by atoms with E-state index in [4.69, 9.17) is 4.74 Å². The molecule has 0 saturated heterocycles. The molecule has 1 unspecified atom stereocenters. The van der Waals surface area contributed by atoms with Gasteiger partial charge in [-0.05, 0) is 38.9 Å². The number of aryl methyl sites for hydroxylation is 1. The molecule has 1 aromatic rings. The van der Waals surface area contributed by atoms with Gasteiger partial charge < -0.3 is 15.2 Å². The van der Waals surface area contributed by atoms with Gasteiger partial charge in [0.15, 0.2) is 0 Å². The van der Waals surface area contributed by atoms with Crippen LogP contribution in [-0.2, 0) is 0 Å². The number of nitrogens with one attached hydrogen (secondary N) is 1. The molecule has 0 saturated carbocycles. The van der Waals surface area contributed by atoms with Crippen molar-refractivity contribution in [3.63, 3.8) is 0 Å². The second-order valence-corrected chi connectivity index (χ2v) is 4.55. The fraction of sp³-hybridized carbons (Fsp3) is 0.600. The van der Waals surface area contributed by atoms with E-state index >= 15 is 0 Å². The minimum atomic E-state index is -0.511. The van der Waals surface area contributed by atoms with Crippen molar-refractivity contribution in [2.45, 2.75) is 39.7 Å². The molecule has 0 fully saturated rings. The molecule has 3 heteroatoms. The highest BCUT2D eigenvalue weighted by atomic mass is 16.5. The molecule has 0 aromatic heterocycles. The second kappa shape index (κ2) is 8.11. The zero-order chi connectivity index (χ0) is 13.4. The number of rotatable bonds is 8. The van der Waals surface area contributed by atoms with E-state index in [1.165, 1.54) is 0 Å². The fourth-order valence-corrected chi connectivity index (χ4v) is 1.87. The number of aliphatic hydroxyl groups is 1. The number of aliphatic hydroxyl groups excluding tert-OH is 1. The number of hydrogen-bond acceptors (Lipinski definition) is 3. The second-order valence-electron chi connectivity index (χ2n) is 4.55. The first-order valence-electron chi connectivity index (χ1n) is 6.81. The summed E-state index contributed by atoms with van der Waals surface area (Å²) in [7, 11) is 0. The summed E-state index contributed by atoms with van der Waals surface area (Å²) in [6.45, 7) is 8.27. The largest absolute Gasteiger partial charge is 0.493 e. The third-order valence-corrected chi connectivity index (χ3v) is 2.87. The summed E-state index contributed by atoms with van der Waals surface area (Å²) in [6, 6.07) is 5.94. The molecule has 0 heterocycles. The lowest BCUT2D eigenvalue weighted by Gasteiger charge is -2.17. The van der Waals surface area contributed by atoms with Gasteiger partial charge in [0.05, 0.1) is 12.7 Å². The van der Waals surface area contributed by atoms with Crippen LogP contribution in [0.5, 0.6) is 5.75 Å². The lowest BCUT2D eigenvalue weighted by molar-refractivity contribution is 0.169. The topological polar surface area (TPSA) is 41.5 Å². The summed E-state index contributed by atoms with van der Waals surface area (Å²) in [6.07, 6.45) is 1.79. The van der Waals surface area contributed by atoms with E-state index < -0.39 is 6.10 Å². The number of benzene rings is 1. The van der Waals surface area contributed by atoms with Crippen LogP contribution in [0.1, 0.15) is 43.9 Å². The SMILES string of the molecule is CCCCNCC(O)c1cc(C)ccc1OCC. The van der Waals surface area contributed by atoms with Crippen molar-refractivity contribution < 1.29 is 9.84 Å². The van der Waals surface area contributed by atoms with Crippen LogP contribution in [0.15, 0.2) is 18.2 Å². The van der Waals surface area contributed by atoms with E-state index in [0.717, 1.165) is 36.3 Å². The first-order chi connectivity index (χ1) is 8.69. The molecule has 18 heavy (non-hydrogen) atoms. The van der Waals surface area contributed by atoms with Gasteiger partial charge in [0.2, 0.25) is 0 Å². The van der Waals surface area contributed by atoms with E-state index in [1.807, 2.05) is 32.0 Å². The summed E-state index contributed by atoms with van der Waals surface area (Å²) >= 11 is 0. The molecular weight excluding hydrogens is 226 g/mol. The first-order valence-corrected chi connectivity index (χ1v) is 6.81. The van der Waals surface area contributed by atoms with Gasteiger partial charge >= 0.3 is 0 Å². The molecule has 0 spiro atoms. The predicted octanol–water partition coefficient (Wildman–Crippen LogP) is 2.82. The van der Waals surface area contributed by atoms with Crippen molar-refractivity contribution >= 4 is 0 Å². The molecular formula is C15H25NO2. The van der Waals surface area contributed by atoms with Gasteiger partial charge in [-0.3, -0.25) is 0 Å². The van der Waals surface area contributed by atoms with Crippen LogP contribution in [0.25, 0.3) is 0 Å². The summed E-state index contributed by atoms with van der Waals surface area (Å²) in [5.74, 6) is 0.785. The van der Waals surface area contributed by atoms with Crippen LogP contribution in [-0.4, -0.2) is 24.8 Å². The van der Waals surface area contributed by atoms with Gasteiger partial charge in [-0.15, -0.1) is 0 Å². The molecule has 1 aromatic carbocycles. The minimum absolute atomic E-state index is 0.511. The Morgan fingerprint density at radius 2 is 2.11 bits per heavy atom. The van der Waals surface area contributed by atoms with E-state index in [-0.39, 0.29) is 0 Å². The predicted molar refractivity (Wildman–Crippen MR) is 75.1 cm³/mol. The van der Waals surface area contributed by atoms with Crippen molar-refractivity contribution in [3.8, 4) is 5.75 Å². The molecule has 0 aliphatic heterocycles. The summed E-state index contributed by atoms with van der Waals surface area (Å²) < 4.78 is 5.55. The molecule has 0 aliphatic rings. The monoisotopic (exact) mass is 251 g/mol. The summed E-state index contributed by atoms with van der Waals surface area (Å²) in [5, 5.41) is 13.5. The van der Waals surface area contributed by atoms with Crippen LogP contribution >= 0.6 is 0 Å². The van der Waals surface area contributed by atoms with Crippen LogP contribution < -0.4 is 10.1 Å². The molecule has 3 nitrogen and oxygen atoms in total. The summed E-state index contributed by atoms with van der Waals surface area (Å²) in [4.78, 5) is 0. The molecule has 102 valence electrons. The highest BCUT2D eigenvalue weighted by molar-refractivity contribution is 5.38. The first kappa shape index (κ1) is 15.0. The Balaban J connectivity index is 2.64. The molecule has 0 aliphatic carbocycles. The average molecular weight is 251 g/mol. The molecule has 0 amide bonds. The Morgan fingerprint density at radius 3 is 2.78 bits per heavy atom. The van der Waals surface area contributed by atoms with Gasteiger partial charge in [0, 0.05) is 12.1 Å². The van der Waals surface area contributed by atoms with Crippen molar-refractivity contribution in [1.82, 2.24) is 5.32 Å². The van der Waals surface area contributed by atoms with Gasteiger partial charge in [0.25, 0.3) is 0 Å². The zero-order valence-electron chi connectivity index (χ0n) is 11.7. The van der Waals surface area contributed by atoms with Gasteiger partial charge in [0.1, 0.15) is 5.75 Å².